The molecule has 0 spiro atoms. The quantitative estimate of drug-likeness (QED) is 0.457. The van der Waals surface area contributed by atoms with E-state index in [1.54, 1.807) is 6.92 Å². The maximum absolute atomic E-state index is 14.3. The Balaban J connectivity index is 2.28. The second-order valence-electron chi connectivity index (χ2n) is 5.28. The highest BCUT2D eigenvalue weighted by Gasteiger charge is 2.14. The second kappa shape index (κ2) is 7.70. The zero-order valence-corrected chi connectivity index (χ0v) is 13.8. The van der Waals surface area contributed by atoms with Gasteiger partial charge in [0.05, 0.1) is 0 Å². The van der Waals surface area contributed by atoms with Crippen LogP contribution in [0, 0.1) is 11.6 Å². The van der Waals surface area contributed by atoms with Crippen molar-refractivity contribution >= 4 is 11.9 Å². The van der Waals surface area contributed by atoms with Gasteiger partial charge >= 0.3 is 11.9 Å². The molecule has 0 unspecified atom stereocenters. The Morgan fingerprint density at radius 1 is 0.960 bits per heavy atom. The summed E-state index contributed by atoms with van der Waals surface area (Å²) in [4.78, 5) is 22.7. The van der Waals surface area contributed by atoms with Gasteiger partial charge in [0.15, 0.2) is 0 Å². The Morgan fingerprint density at radius 2 is 1.44 bits per heavy atom. The Morgan fingerprint density at radius 3 is 1.84 bits per heavy atom. The molecule has 2 aromatic carbocycles. The lowest BCUT2D eigenvalue weighted by atomic mass is 10.0. The fourth-order valence-electron chi connectivity index (χ4n) is 1.95. The Bertz CT molecular complexity index is 843. The van der Waals surface area contributed by atoms with E-state index in [-0.39, 0.29) is 34.6 Å². The van der Waals surface area contributed by atoms with Gasteiger partial charge in [0.1, 0.15) is 23.1 Å². The predicted octanol–water partition coefficient (Wildman–Crippen LogP) is 4.43. The van der Waals surface area contributed by atoms with Crippen LogP contribution in [-0.4, -0.2) is 11.9 Å². The summed E-state index contributed by atoms with van der Waals surface area (Å²) in [6.45, 7) is 6.51. The molecule has 0 saturated heterocycles. The minimum Gasteiger partial charge on any atom is -0.426 e. The molecule has 0 aromatic heterocycles. The van der Waals surface area contributed by atoms with E-state index in [1.807, 2.05) is 0 Å². The van der Waals surface area contributed by atoms with Crippen molar-refractivity contribution in [2.75, 3.05) is 0 Å². The van der Waals surface area contributed by atoms with Crippen molar-refractivity contribution in [3.8, 4) is 22.6 Å². The van der Waals surface area contributed by atoms with E-state index >= 15 is 0 Å². The zero-order valence-electron chi connectivity index (χ0n) is 13.8. The van der Waals surface area contributed by atoms with Crippen LogP contribution in [0.2, 0.25) is 0 Å². The lowest BCUT2D eigenvalue weighted by Gasteiger charge is -2.09. The van der Waals surface area contributed by atoms with Gasteiger partial charge in [-0.25, -0.2) is 13.6 Å². The van der Waals surface area contributed by atoms with Gasteiger partial charge in [-0.2, -0.15) is 0 Å². The molecular weight excluding hydrogens is 330 g/mol. The molecule has 0 radical (unpaired) electrons. The first kappa shape index (κ1) is 18.3. The zero-order chi connectivity index (χ0) is 18.6. The van der Waals surface area contributed by atoms with Crippen LogP contribution in [0.1, 0.15) is 20.3 Å². The molecule has 6 heteroatoms. The van der Waals surface area contributed by atoms with Crippen LogP contribution in [0.3, 0.4) is 0 Å². The van der Waals surface area contributed by atoms with Gasteiger partial charge in [0.25, 0.3) is 0 Å². The molecule has 4 nitrogen and oxygen atoms in total. The molecule has 0 amide bonds. The summed E-state index contributed by atoms with van der Waals surface area (Å²) >= 11 is 0. The van der Waals surface area contributed by atoms with Gasteiger partial charge in [-0.15, -0.1) is 0 Å². The van der Waals surface area contributed by atoms with E-state index in [0.29, 0.717) is 0 Å². The van der Waals surface area contributed by atoms with Crippen molar-refractivity contribution < 1.29 is 27.8 Å². The molecule has 2 rings (SSSR count). The molecule has 0 aliphatic rings. The number of hydrogen-bond acceptors (Lipinski definition) is 4. The van der Waals surface area contributed by atoms with Gasteiger partial charge in [-0.1, -0.05) is 13.5 Å². The third kappa shape index (κ3) is 4.50. The molecule has 0 bridgehead atoms. The third-order valence-electron chi connectivity index (χ3n) is 3.25. The topological polar surface area (TPSA) is 52.6 Å². The molecule has 0 heterocycles. The lowest BCUT2D eigenvalue weighted by Crippen LogP contribution is -2.08. The van der Waals surface area contributed by atoms with E-state index < -0.39 is 23.6 Å². The summed E-state index contributed by atoms with van der Waals surface area (Å²) in [7, 11) is 0. The summed E-state index contributed by atoms with van der Waals surface area (Å²) in [5.41, 5.74) is 0.153. The minimum atomic E-state index is -0.760. The molecule has 130 valence electrons. The Kier molecular flexibility index (Phi) is 5.64. The first-order valence-electron chi connectivity index (χ1n) is 7.49. The smallest absolute Gasteiger partial charge is 0.338 e. The number of halogens is 2. The van der Waals surface area contributed by atoms with Crippen LogP contribution in [0.5, 0.6) is 11.5 Å². The summed E-state index contributed by atoms with van der Waals surface area (Å²) in [6.07, 6.45) is 0.155. The van der Waals surface area contributed by atoms with E-state index in [9.17, 15) is 18.4 Å². The lowest BCUT2D eigenvalue weighted by molar-refractivity contribution is -0.134. The molecule has 2 aromatic rings. The first-order valence-corrected chi connectivity index (χ1v) is 7.49. The van der Waals surface area contributed by atoms with Crippen LogP contribution in [0.15, 0.2) is 48.6 Å². The predicted molar refractivity (Wildman–Crippen MR) is 88.2 cm³/mol. The second-order valence-corrected chi connectivity index (χ2v) is 5.28. The maximum atomic E-state index is 14.3. The standard InChI is InChI=1S/C19H16F2O4/c1-4-18(22)24-12-5-7-14(16(20)9-12)15-8-6-13(10-17(15)21)25-19(23)11(2)3/h5-10H,2,4H2,1,3H3. The van der Waals surface area contributed by atoms with Crippen molar-refractivity contribution in [2.24, 2.45) is 0 Å². The van der Waals surface area contributed by atoms with Crippen molar-refractivity contribution in [3.63, 3.8) is 0 Å². The van der Waals surface area contributed by atoms with Crippen LogP contribution >= 0.6 is 0 Å². The molecule has 0 atom stereocenters. The average Bonchev–Trinajstić information content (AvgIpc) is 2.55. The van der Waals surface area contributed by atoms with Gasteiger partial charge in [-0.05, 0) is 31.2 Å². The number of carbonyl (C=O) groups excluding carboxylic acids is 2. The highest BCUT2D eigenvalue weighted by Crippen LogP contribution is 2.30. The fourth-order valence-corrected chi connectivity index (χ4v) is 1.95. The maximum Gasteiger partial charge on any atom is 0.338 e. The highest BCUT2D eigenvalue weighted by atomic mass is 19.1. The molecular formula is C19H16F2O4. The van der Waals surface area contributed by atoms with E-state index in [4.69, 9.17) is 9.47 Å². The Labute approximate surface area is 143 Å². The van der Waals surface area contributed by atoms with E-state index in [1.165, 1.54) is 31.2 Å². The molecule has 0 saturated carbocycles. The van der Waals surface area contributed by atoms with Crippen LogP contribution in [-0.2, 0) is 9.59 Å². The van der Waals surface area contributed by atoms with Crippen molar-refractivity contribution in [2.45, 2.75) is 20.3 Å². The summed E-state index contributed by atoms with van der Waals surface area (Å²) in [6, 6.07) is 7.33. The van der Waals surface area contributed by atoms with Crippen molar-refractivity contribution in [1.82, 2.24) is 0 Å². The minimum absolute atomic E-state index is 0.00780. The van der Waals surface area contributed by atoms with Crippen LogP contribution in [0.4, 0.5) is 8.78 Å². The molecule has 0 aliphatic carbocycles. The average molecular weight is 346 g/mol. The molecule has 0 N–H and O–H groups in total. The highest BCUT2D eigenvalue weighted by molar-refractivity contribution is 5.88. The number of rotatable bonds is 5. The van der Waals surface area contributed by atoms with E-state index in [2.05, 4.69) is 6.58 Å². The van der Waals surface area contributed by atoms with Gasteiger partial charge in [0.2, 0.25) is 0 Å². The number of benzene rings is 2. The number of hydrogen-bond donors (Lipinski definition) is 0. The van der Waals surface area contributed by atoms with Gasteiger partial charge in [0, 0.05) is 35.3 Å². The summed E-state index contributed by atoms with van der Waals surface area (Å²) < 4.78 is 38.3. The van der Waals surface area contributed by atoms with E-state index in [0.717, 1.165) is 12.1 Å². The first-order chi connectivity index (χ1) is 11.8. The van der Waals surface area contributed by atoms with Gasteiger partial charge < -0.3 is 9.47 Å². The van der Waals surface area contributed by atoms with Crippen molar-refractivity contribution in [1.29, 1.82) is 0 Å². The largest absolute Gasteiger partial charge is 0.426 e. The fraction of sp³-hybridized carbons (Fsp3) is 0.158. The summed E-state index contributed by atoms with van der Waals surface area (Å²) in [5.74, 6) is -2.65. The summed E-state index contributed by atoms with van der Waals surface area (Å²) in [5, 5.41) is 0. The SMILES string of the molecule is C=C(C)C(=O)Oc1ccc(-c2ccc(OC(=O)CC)cc2F)c(F)c1. The number of carbonyl (C=O) groups is 2. The molecule has 0 fully saturated rings. The van der Waals surface area contributed by atoms with Crippen LogP contribution in [0.25, 0.3) is 11.1 Å². The molecule has 25 heavy (non-hydrogen) atoms. The monoisotopic (exact) mass is 346 g/mol. The normalized spacial score (nSPS) is 10.2. The Hall–Kier alpha value is -3.02. The molecule has 0 aliphatic heterocycles. The van der Waals surface area contributed by atoms with Crippen LogP contribution < -0.4 is 9.47 Å². The third-order valence-corrected chi connectivity index (χ3v) is 3.25. The number of esters is 2. The van der Waals surface area contributed by atoms with Crippen molar-refractivity contribution in [3.05, 3.63) is 60.2 Å². The number of ether oxygens (including phenoxy) is 2. The van der Waals surface area contributed by atoms with Gasteiger partial charge in [-0.3, -0.25) is 4.79 Å².